The van der Waals surface area contributed by atoms with E-state index in [1.54, 1.807) is 0 Å². The van der Waals surface area contributed by atoms with Crippen molar-refractivity contribution in [2.24, 2.45) is 5.73 Å². The van der Waals surface area contributed by atoms with Gasteiger partial charge in [0.2, 0.25) is 0 Å². The Hall–Kier alpha value is -0.120. The number of hydrogen-bond acceptors (Lipinski definition) is 3. The van der Waals surface area contributed by atoms with Gasteiger partial charge in [0, 0.05) is 25.2 Å². The lowest BCUT2D eigenvalue weighted by Crippen LogP contribution is -2.52. The van der Waals surface area contributed by atoms with E-state index in [0.717, 1.165) is 12.6 Å². The van der Waals surface area contributed by atoms with Crippen molar-refractivity contribution in [2.75, 3.05) is 33.7 Å². The molecule has 0 amide bonds. The van der Waals surface area contributed by atoms with Crippen molar-refractivity contribution in [1.82, 2.24) is 9.80 Å². The highest BCUT2D eigenvalue weighted by Crippen LogP contribution is 2.23. The molecule has 3 heteroatoms. The first-order chi connectivity index (χ1) is 6.63. The van der Waals surface area contributed by atoms with E-state index >= 15 is 0 Å². The predicted octanol–water partition coefficient (Wildman–Crippen LogP) is 0.750. The molecule has 0 spiro atoms. The highest BCUT2D eigenvalue weighted by molar-refractivity contribution is 4.89. The standard InChI is InChI=1S/C11H25N3/c1-4-5-14(7-6-13(2)3)11-8-10(12)9-11/h10-11H,4-9,12H2,1-3H3. The van der Waals surface area contributed by atoms with Gasteiger partial charge in [0.1, 0.15) is 0 Å². The molecule has 1 fully saturated rings. The fourth-order valence-electron chi connectivity index (χ4n) is 2.02. The minimum absolute atomic E-state index is 0.471. The minimum Gasteiger partial charge on any atom is -0.328 e. The van der Waals surface area contributed by atoms with Crippen molar-refractivity contribution in [1.29, 1.82) is 0 Å². The Morgan fingerprint density at radius 1 is 1.14 bits per heavy atom. The van der Waals surface area contributed by atoms with Crippen LogP contribution < -0.4 is 5.73 Å². The Bertz CT molecular complexity index is 153. The summed E-state index contributed by atoms with van der Waals surface area (Å²) in [7, 11) is 4.27. The molecule has 2 N–H and O–H groups in total. The van der Waals surface area contributed by atoms with E-state index in [-0.39, 0.29) is 0 Å². The van der Waals surface area contributed by atoms with E-state index in [2.05, 4.69) is 30.8 Å². The van der Waals surface area contributed by atoms with Crippen LogP contribution >= 0.6 is 0 Å². The first-order valence-electron chi connectivity index (χ1n) is 5.77. The van der Waals surface area contributed by atoms with Crippen LogP contribution in [-0.4, -0.2) is 55.6 Å². The van der Waals surface area contributed by atoms with E-state index < -0.39 is 0 Å². The molecule has 1 rings (SSSR count). The van der Waals surface area contributed by atoms with Crippen LogP contribution in [0.3, 0.4) is 0 Å². The van der Waals surface area contributed by atoms with E-state index in [0.29, 0.717) is 6.04 Å². The fraction of sp³-hybridized carbons (Fsp3) is 1.00. The van der Waals surface area contributed by atoms with Crippen LogP contribution in [0.4, 0.5) is 0 Å². The zero-order valence-electron chi connectivity index (χ0n) is 9.87. The Labute approximate surface area is 88.2 Å². The molecule has 0 saturated heterocycles. The number of nitrogens with zero attached hydrogens (tertiary/aromatic N) is 2. The van der Waals surface area contributed by atoms with Gasteiger partial charge in [-0.1, -0.05) is 6.92 Å². The van der Waals surface area contributed by atoms with Crippen LogP contribution in [-0.2, 0) is 0 Å². The number of hydrogen-bond donors (Lipinski definition) is 1. The highest BCUT2D eigenvalue weighted by Gasteiger charge is 2.30. The molecule has 0 aromatic heterocycles. The van der Waals surface area contributed by atoms with E-state index in [9.17, 15) is 0 Å². The molecular weight excluding hydrogens is 174 g/mol. The summed E-state index contributed by atoms with van der Waals surface area (Å²) in [6, 6.07) is 1.24. The first kappa shape index (κ1) is 12.0. The second kappa shape index (κ2) is 5.69. The van der Waals surface area contributed by atoms with Crippen molar-refractivity contribution in [3.05, 3.63) is 0 Å². The lowest BCUT2D eigenvalue weighted by molar-refractivity contribution is 0.102. The van der Waals surface area contributed by atoms with E-state index in [1.807, 2.05) is 0 Å². The zero-order chi connectivity index (χ0) is 10.6. The highest BCUT2D eigenvalue weighted by atomic mass is 15.2. The van der Waals surface area contributed by atoms with Crippen molar-refractivity contribution in [3.8, 4) is 0 Å². The van der Waals surface area contributed by atoms with E-state index in [4.69, 9.17) is 5.73 Å². The normalized spacial score (nSPS) is 27.0. The molecule has 0 unspecified atom stereocenters. The van der Waals surface area contributed by atoms with Gasteiger partial charge in [0.15, 0.2) is 0 Å². The van der Waals surface area contributed by atoms with Gasteiger partial charge in [-0.3, -0.25) is 4.90 Å². The molecule has 1 aliphatic rings. The van der Waals surface area contributed by atoms with Crippen molar-refractivity contribution in [3.63, 3.8) is 0 Å². The smallest absolute Gasteiger partial charge is 0.0125 e. The number of rotatable bonds is 6. The average Bonchev–Trinajstić information content (AvgIpc) is 2.07. The second-order valence-corrected chi connectivity index (χ2v) is 4.72. The van der Waals surface area contributed by atoms with Gasteiger partial charge >= 0.3 is 0 Å². The monoisotopic (exact) mass is 199 g/mol. The van der Waals surface area contributed by atoms with Gasteiger partial charge in [-0.05, 0) is 39.9 Å². The summed E-state index contributed by atoms with van der Waals surface area (Å²) in [6.45, 7) is 5.83. The average molecular weight is 199 g/mol. The first-order valence-corrected chi connectivity index (χ1v) is 5.77. The summed E-state index contributed by atoms with van der Waals surface area (Å²) in [5.41, 5.74) is 5.82. The molecular formula is C11H25N3. The molecule has 0 aromatic carbocycles. The topological polar surface area (TPSA) is 32.5 Å². The predicted molar refractivity (Wildman–Crippen MR) is 61.4 cm³/mol. The van der Waals surface area contributed by atoms with Crippen LogP contribution in [0.1, 0.15) is 26.2 Å². The summed E-state index contributed by atoms with van der Waals surface area (Å²) in [5.74, 6) is 0. The maximum atomic E-state index is 5.82. The molecule has 0 radical (unpaired) electrons. The molecule has 0 aromatic rings. The third-order valence-electron chi connectivity index (χ3n) is 3.01. The lowest BCUT2D eigenvalue weighted by Gasteiger charge is -2.41. The molecule has 0 aliphatic heterocycles. The SMILES string of the molecule is CCCN(CCN(C)C)C1CC(N)C1. The van der Waals surface area contributed by atoms with Crippen LogP contribution in [0.15, 0.2) is 0 Å². The molecule has 0 atom stereocenters. The quantitative estimate of drug-likeness (QED) is 0.685. The lowest BCUT2D eigenvalue weighted by atomic mass is 9.86. The Morgan fingerprint density at radius 2 is 1.79 bits per heavy atom. The maximum absolute atomic E-state index is 5.82. The summed E-state index contributed by atoms with van der Waals surface area (Å²) in [4.78, 5) is 4.85. The van der Waals surface area contributed by atoms with Gasteiger partial charge in [-0.25, -0.2) is 0 Å². The summed E-state index contributed by atoms with van der Waals surface area (Å²) < 4.78 is 0. The zero-order valence-corrected chi connectivity index (χ0v) is 9.87. The Balaban J connectivity index is 2.24. The number of likely N-dealkylation sites (N-methyl/N-ethyl adjacent to an activating group) is 1. The summed E-state index contributed by atoms with van der Waals surface area (Å²) in [5, 5.41) is 0. The van der Waals surface area contributed by atoms with Gasteiger partial charge in [0.05, 0.1) is 0 Å². The van der Waals surface area contributed by atoms with Crippen LogP contribution in [0.2, 0.25) is 0 Å². The van der Waals surface area contributed by atoms with Crippen molar-refractivity contribution in [2.45, 2.75) is 38.3 Å². The maximum Gasteiger partial charge on any atom is 0.0125 e. The van der Waals surface area contributed by atoms with Crippen LogP contribution in [0, 0.1) is 0 Å². The summed E-state index contributed by atoms with van der Waals surface area (Å²) >= 11 is 0. The van der Waals surface area contributed by atoms with E-state index in [1.165, 1.54) is 32.4 Å². The van der Waals surface area contributed by atoms with Gasteiger partial charge < -0.3 is 10.6 Å². The molecule has 1 saturated carbocycles. The minimum atomic E-state index is 0.471. The third kappa shape index (κ3) is 3.56. The molecule has 0 heterocycles. The molecule has 14 heavy (non-hydrogen) atoms. The van der Waals surface area contributed by atoms with Crippen LogP contribution in [0.25, 0.3) is 0 Å². The van der Waals surface area contributed by atoms with Gasteiger partial charge in [0.25, 0.3) is 0 Å². The Morgan fingerprint density at radius 3 is 2.21 bits per heavy atom. The molecule has 0 bridgehead atoms. The third-order valence-corrected chi connectivity index (χ3v) is 3.01. The summed E-state index contributed by atoms with van der Waals surface area (Å²) in [6.07, 6.45) is 3.65. The largest absolute Gasteiger partial charge is 0.328 e. The number of nitrogens with two attached hydrogens (primary N) is 1. The van der Waals surface area contributed by atoms with Gasteiger partial charge in [-0.15, -0.1) is 0 Å². The molecule has 84 valence electrons. The molecule has 3 nitrogen and oxygen atoms in total. The van der Waals surface area contributed by atoms with Gasteiger partial charge in [-0.2, -0.15) is 0 Å². The molecule has 1 aliphatic carbocycles. The second-order valence-electron chi connectivity index (χ2n) is 4.72. The fourth-order valence-corrected chi connectivity index (χ4v) is 2.02. The van der Waals surface area contributed by atoms with Crippen molar-refractivity contribution >= 4 is 0 Å². The van der Waals surface area contributed by atoms with Crippen LogP contribution in [0.5, 0.6) is 0 Å². The van der Waals surface area contributed by atoms with Crippen molar-refractivity contribution < 1.29 is 0 Å². The Kier molecular flexibility index (Phi) is 4.85.